The number of aliphatic carboxylic acids is 1. The Bertz CT molecular complexity index is 482. The predicted octanol–water partition coefficient (Wildman–Crippen LogP) is 1.05. The summed E-state index contributed by atoms with van der Waals surface area (Å²) in [5.41, 5.74) is 5.84. The molecule has 0 spiro atoms. The van der Waals surface area contributed by atoms with Crippen LogP contribution in [0.15, 0.2) is 22.7 Å². The topological polar surface area (TPSA) is 92.4 Å². The van der Waals surface area contributed by atoms with Gasteiger partial charge in [-0.15, -0.1) is 0 Å². The van der Waals surface area contributed by atoms with Crippen LogP contribution >= 0.6 is 15.9 Å². The van der Waals surface area contributed by atoms with Crippen LogP contribution in [0.5, 0.6) is 0 Å². The third kappa shape index (κ3) is 5.35. The number of hydrogen-bond acceptors (Lipinski definition) is 3. The van der Waals surface area contributed by atoms with Crippen LogP contribution in [0.4, 0.5) is 4.39 Å². The molecule has 0 saturated carbocycles. The van der Waals surface area contributed by atoms with E-state index in [9.17, 15) is 14.0 Å². The minimum absolute atomic E-state index is 0.194. The molecular weight excluding hydrogens is 319 g/mol. The number of carboxylic acid groups (broad SMARTS) is 1. The van der Waals surface area contributed by atoms with E-state index in [1.807, 2.05) is 0 Å². The maximum Gasteiger partial charge on any atom is 0.305 e. The van der Waals surface area contributed by atoms with Gasteiger partial charge in [-0.3, -0.25) is 9.59 Å². The molecule has 0 aliphatic carbocycles. The molecular formula is C12H14BrFN2O3. The first-order valence-electron chi connectivity index (χ1n) is 5.59. The summed E-state index contributed by atoms with van der Waals surface area (Å²) in [6, 6.07) is 3.45. The van der Waals surface area contributed by atoms with Gasteiger partial charge in [-0.25, -0.2) is 4.39 Å². The van der Waals surface area contributed by atoms with Gasteiger partial charge in [0, 0.05) is 11.0 Å². The lowest BCUT2D eigenvalue weighted by Crippen LogP contribution is -2.42. The summed E-state index contributed by atoms with van der Waals surface area (Å²) in [6.07, 6.45) is -0.131. The van der Waals surface area contributed by atoms with E-state index in [1.165, 1.54) is 6.07 Å². The molecule has 1 atom stereocenters. The van der Waals surface area contributed by atoms with Crippen LogP contribution in [-0.2, 0) is 16.0 Å². The van der Waals surface area contributed by atoms with Crippen molar-refractivity contribution in [2.75, 3.05) is 6.54 Å². The molecule has 0 heterocycles. The summed E-state index contributed by atoms with van der Waals surface area (Å²) in [7, 11) is 0. The highest BCUT2D eigenvalue weighted by molar-refractivity contribution is 9.10. The van der Waals surface area contributed by atoms with Gasteiger partial charge >= 0.3 is 5.97 Å². The van der Waals surface area contributed by atoms with Crippen molar-refractivity contribution in [1.29, 1.82) is 0 Å². The van der Waals surface area contributed by atoms with Crippen LogP contribution in [0, 0.1) is 5.82 Å². The first-order valence-corrected chi connectivity index (χ1v) is 6.38. The zero-order chi connectivity index (χ0) is 14.4. The minimum Gasteiger partial charge on any atom is -0.481 e. The molecule has 1 amide bonds. The van der Waals surface area contributed by atoms with Crippen LogP contribution in [0.3, 0.4) is 0 Å². The molecule has 5 nitrogen and oxygen atoms in total. The lowest BCUT2D eigenvalue weighted by Gasteiger charge is -2.10. The van der Waals surface area contributed by atoms with Crippen molar-refractivity contribution in [3.8, 4) is 0 Å². The molecule has 0 aromatic heterocycles. The van der Waals surface area contributed by atoms with Gasteiger partial charge < -0.3 is 16.2 Å². The van der Waals surface area contributed by atoms with Crippen molar-refractivity contribution in [2.45, 2.75) is 18.9 Å². The van der Waals surface area contributed by atoms with E-state index >= 15 is 0 Å². The monoisotopic (exact) mass is 332 g/mol. The first kappa shape index (κ1) is 15.6. The molecule has 7 heteroatoms. The van der Waals surface area contributed by atoms with Crippen molar-refractivity contribution < 1.29 is 19.1 Å². The van der Waals surface area contributed by atoms with Gasteiger partial charge in [0.2, 0.25) is 5.91 Å². The lowest BCUT2D eigenvalue weighted by atomic mass is 10.1. The van der Waals surface area contributed by atoms with E-state index in [0.717, 1.165) is 4.47 Å². The summed E-state index contributed by atoms with van der Waals surface area (Å²) >= 11 is 3.23. The van der Waals surface area contributed by atoms with Gasteiger partial charge in [0.25, 0.3) is 0 Å². The Labute approximate surface area is 118 Å². The maximum atomic E-state index is 13.4. The van der Waals surface area contributed by atoms with Gasteiger partial charge in [0.15, 0.2) is 0 Å². The Balaban J connectivity index is 2.43. The van der Waals surface area contributed by atoms with E-state index in [2.05, 4.69) is 21.2 Å². The molecule has 0 aliphatic heterocycles. The summed E-state index contributed by atoms with van der Waals surface area (Å²) in [5.74, 6) is -2.05. The highest BCUT2D eigenvalue weighted by Crippen LogP contribution is 2.15. The van der Waals surface area contributed by atoms with Crippen LogP contribution in [-0.4, -0.2) is 29.6 Å². The van der Waals surface area contributed by atoms with E-state index in [4.69, 9.17) is 10.8 Å². The smallest absolute Gasteiger partial charge is 0.305 e. The summed E-state index contributed by atoms with van der Waals surface area (Å²) < 4.78 is 14.1. The minimum atomic E-state index is -1.14. The van der Waals surface area contributed by atoms with Crippen LogP contribution in [0.1, 0.15) is 12.0 Å². The van der Waals surface area contributed by atoms with E-state index in [1.54, 1.807) is 12.1 Å². The lowest BCUT2D eigenvalue weighted by molar-refractivity contribution is -0.139. The zero-order valence-corrected chi connectivity index (χ0v) is 11.6. The van der Waals surface area contributed by atoms with Crippen LogP contribution in [0.2, 0.25) is 0 Å². The molecule has 19 heavy (non-hydrogen) atoms. The van der Waals surface area contributed by atoms with Crippen molar-refractivity contribution in [1.82, 2.24) is 5.32 Å². The Morgan fingerprint density at radius 2 is 2.16 bits per heavy atom. The number of carbonyl (C=O) groups is 2. The molecule has 0 aliphatic rings. The van der Waals surface area contributed by atoms with Gasteiger partial charge in [0.1, 0.15) is 5.82 Å². The highest BCUT2D eigenvalue weighted by Gasteiger charge is 2.16. The number of nitrogens with one attached hydrogen (secondary N) is 1. The van der Waals surface area contributed by atoms with Crippen molar-refractivity contribution in [3.05, 3.63) is 34.1 Å². The number of nitrogens with two attached hydrogens (primary N) is 1. The normalized spacial score (nSPS) is 11.9. The largest absolute Gasteiger partial charge is 0.481 e. The van der Waals surface area contributed by atoms with Crippen LogP contribution < -0.4 is 11.1 Å². The average molecular weight is 333 g/mol. The van der Waals surface area contributed by atoms with Gasteiger partial charge in [-0.1, -0.05) is 15.9 Å². The second kappa shape index (κ2) is 7.20. The molecule has 0 radical (unpaired) electrons. The fraction of sp³-hybridized carbons (Fsp3) is 0.333. The molecule has 1 rings (SSSR count). The third-order valence-electron chi connectivity index (χ3n) is 2.43. The van der Waals surface area contributed by atoms with Gasteiger partial charge in [0.05, 0.1) is 12.5 Å². The Morgan fingerprint density at radius 1 is 1.47 bits per heavy atom. The molecule has 1 aromatic carbocycles. The summed E-state index contributed by atoms with van der Waals surface area (Å²) in [5, 5.41) is 11.0. The molecule has 4 N–H and O–H groups in total. The number of benzene rings is 1. The van der Waals surface area contributed by atoms with Gasteiger partial charge in [-0.2, -0.15) is 0 Å². The molecule has 0 saturated heterocycles. The number of rotatable bonds is 6. The number of carbonyl (C=O) groups excluding carboxylic acids is 1. The molecule has 1 unspecified atom stereocenters. The number of carboxylic acids is 1. The second-order valence-corrected chi connectivity index (χ2v) is 4.90. The fourth-order valence-corrected chi connectivity index (χ4v) is 1.88. The Hall–Kier alpha value is -1.47. The first-order chi connectivity index (χ1) is 8.90. The Morgan fingerprint density at radius 3 is 2.79 bits per heavy atom. The summed E-state index contributed by atoms with van der Waals surface area (Å²) in [6.45, 7) is 0.194. The molecule has 0 fully saturated rings. The van der Waals surface area contributed by atoms with Crippen molar-refractivity contribution in [3.63, 3.8) is 0 Å². The fourth-order valence-electron chi connectivity index (χ4n) is 1.47. The second-order valence-electron chi connectivity index (χ2n) is 3.98. The van der Waals surface area contributed by atoms with E-state index in [0.29, 0.717) is 12.0 Å². The summed E-state index contributed by atoms with van der Waals surface area (Å²) in [4.78, 5) is 21.8. The zero-order valence-electron chi connectivity index (χ0n) is 10.0. The molecule has 1 aromatic rings. The number of hydrogen-bond donors (Lipinski definition) is 3. The predicted molar refractivity (Wildman–Crippen MR) is 71.0 cm³/mol. The number of halogens is 2. The van der Waals surface area contributed by atoms with Crippen molar-refractivity contribution >= 4 is 27.8 Å². The van der Waals surface area contributed by atoms with E-state index in [-0.39, 0.29) is 12.4 Å². The van der Waals surface area contributed by atoms with E-state index < -0.39 is 24.3 Å². The average Bonchev–Trinajstić information content (AvgIpc) is 2.32. The molecule has 104 valence electrons. The third-order valence-corrected chi connectivity index (χ3v) is 2.93. The SMILES string of the molecule is NC(CC(=O)O)C(=O)NCCc1cc(Br)ccc1F. The number of amides is 1. The van der Waals surface area contributed by atoms with Crippen LogP contribution in [0.25, 0.3) is 0 Å². The highest BCUT2D eigenvalue weighted by atomic mass is 79.9. The molecule has 0 bridgehead atoms. The van der Waals surface area contributed by atoms with Gasteiger partial charge in [-0.05, 0) is 30.2 Å². The standard InChI is InChI=1S/C12H14BrFN2O3/c13-8-1-2-9(14)7(5-8)3-4-16-12(19)10(15)6-11(17)18/h1-2,5,10H,3-4,6,15H2,(H,16,19)(H,17,18). The quantitative estimate of drug-likeness (QED) is 0.726. The maximum absolute atomic E-state index is 13.4. The van der Waals surface area contributed by atoms with Crippen molar-refractivity contribution in [2.24, 2.45) is 5.73 Å². The Kier molecular flexibility index (Phi) is 5.91.